The van der Waals surface area contributed by atoms with E-state index in [1.54, 1.807) is 0 Å². The van der Waals surface area contributed by atoms with Crippen molar-refractivity contribution < 1.29 is 0 Å². The molecule has 0 aromatic heterocycles. The zero-order valence-electron chi connectivity index (χ0n) is 10.2. The highest BCUT2D eigenvalue weighted by Crippen LogP contribution is 2.33. The Balaban J connectivity index is 1.56. The fourth-order valence-corrected chi connectivity index (χ4v) is 3.76. The summed E-state index contributed by atoms with van der Waals surface area (Å²) in [5.74, 6) is 3.36. The SMILES string of the molecule is c1ccc2c(c1)NCC2CCN1CCSCC1. The van der Waals surface area contributed by atoms with Gasteiger partial charge in [-0.1, -0.05) is 18.2 Å². The van der Waals surface area contributed by atoms with E-state index in [4.69, 9.17) is 0 Å². The van der Waals surface area contributed by atoms with Crippen LogP contribution in [0, 0.1) is 0 Å². The van der Waals surface area contributed by atoms with Crippen LogP contribution in [0.4, 0.5) is 5.69 Å². The number of hydrogen-bond donors (Lipinski definition) is 1. The van der Waals surface area contributed by atoms with E-state index in [1.807, 2.05) is 0 Å². The van der Waals surface area contributed by atoms with E-state index >= 15 is 0 Å². The molecule has 0 amide bonds. The molecular weight excluding hydrogens is 228 g/mol. The van der Waals surface area contributed by atoms with Crippen LogP contribution in [0.15, 0.2) is 24.3 Å². The largest absolute Gasteiger partial charge is 0.384 e. The third-order valence-electron chi connectivity index (χ3n) is 3.84. The number of para-hydroxylation sites is 1. The van der Waals surface area contributed by atoms with E-state index in [9.17, 15) is 0 Å². The fourth-order valence-electron chi connectivity index (χ4n) is 2.78. The van der Waals surface area contributed by atoms with Crippen LogP contribution in [0.3, 0.4) is 0 Å². The number of benzene rings is 1. The molecule has 0 radical (unpaired) electrons. The lowest BCUT2D eigenvalue weighted by Crippen LogP contribution is -2.34. The molecule has 3 rings (SSSR count). The predicted octanol–water partition coefficient (Wildman–Crippen LogP) is 2.63. The van der Waals surface area contributed by atoms with Gasteiger partial charge in [-0.15, -0.1) is 0 Å². The second-order valence-electron chi connectivity index (χ2n) is 4.91. The summed E-state index contributed by atoms with van der Waals surface area (Å²) in [6.07, 6.45) is 1.30. The third-order valence-corrected chi connectivity index (χ3v) is 4.78. The highest BCUT2D eigenvalue weighted by atomic mass is 32.2. The first kappa shape index (κ1) is 11.4. The molecule has 0 bridgehead atoms. The Bertz CT molecular complexity index is 374. The van der Waals surface area contributed by atoms with E-state index in [2.05, 4.69) is 46.2 Å². The molecule has 92 valence electrons. The van der Waals surface area contributed by atoms with E-state index in [0.717, 1.165) is 12.5 Å². The fraction of sp³-hybridized carbons (Fsp3) is 0.571. The van der Waals surface area contributed by atoms with Gasteiger partial charge in [-0.2, -0.15) is 11.8 Å². The zero-order chi connectivity index (χ0) is 11.5. The molecule has 0 aliphatic carbocycles. The minimum Gasteiger partial charge on any atom is -0.384 e. The van der Waals surface area contributed by atoms with Crippen molar-refractivity contribution in [1.29, 1.82) is 0 Å². The number of nitrogens with one attached hydrogen (secondary N) is 1. The maximum atomic E-state index is 3.52. The van der Waals surface area contributed by atoms with Crippen LogP contribution in [0.5, 0.6) is 0 Å². The smallest absolute Gasteiger partial charge is 0.0376 e. The van der Waals surface area contributed by atoms with Crippen LogP contribution in [0.25, 0.3) is 0 Å². The van der Waals surface area contributed by atoms with E-state index in [-0.39, 0.29) is 0 Å². The Morgan fingerprint density at radius 3 is 2.94 bits per heavy atom. The van der Waals surface area contributed by atoms with Crippen molar-refractivity contribution in [1.82, 2.24) is 4.90 Å². The van der Waals surface area contributed by atoms with Gasteiger partial charge >= 0.3 is 0 Å². The summed E-state index contributed by atoms with van der Waals surface area (Å²) in [6.45, 7) is 4.96. The molecule has 1 unspecified atom stereocenters. The molecule has 2 heterocycles. The van der Waals surface area contributed by atoms with E-state index in [1.165, 1.54) is 48.8 Å². The molecule has 0 spiro atoms. The van der Waals surface area contributed by atoms with Crippen LogP contribution in [-0.4, -0.2) is 42.6 Å². The summed E-state index contributed by atoms with van der Waals surface area (Å²) in [4.78, 5) is 2.62. The quantitative estimate of drug-likeness (QED) is 0.885. The zero-order valence-corrected chi connectivity index (χ0v) is 11.0. The maximum absolute atomic E-state index is 3.52. The Labute approximate surface area is 108 Å². The molecule has 1 saturated heterocycles. The van der Waals surface area contributed by atoms with Gasteiger partial charge in [0.05, 0.1) is 0 Å². The Kier molecular flexibility index (Phi) is 3.57. The lowest BCUT2D eigenvalue weighted by atomic mass is 9.98. The molecule has 1 fully saturated rings. The molecular formula is C14H20N2S. The summed E-state index contributed by atoms with van der Waals surface area (Å²) < 4.78 is 0. The Morgan fingerprint density at radius 1 is 1.24 bits per heavy atom. The maximum Gasteiger partial charge on any atom is 0.0376 e. The van der Waals surface area contributed by atoms with Gasteiger partial charge in [-0.05, 0) is 24.6 Å². The number of hydrogen-bond acceptors (Lipinski definition) is 3. The monoisotopic (exact) mass is 248 g/mol. The second kappa shape index (κ2) is 5.32. The van der Waals surface area contributed by atoms with Crippen molar-refractivity contribution in [2.45, 2.75) is 12.3 Å². The number of nitrogens with zero attached hydrogens (tertiary/aromatic N) is 1. The third kappa shape index (κ3) is 2.61. The minimum atomic E-state index is 0.723. The van der Waals surface area contributed by atoms with E-state index < -0.39 is 0 Å². The standard InChI is InChI=1S/C14H20N2S/c1-2-4-14-13(3-1)12(11-15-14)5-6-16-7-9-17-10-8-16/h1-4,12,15H,5-11H2. The molecule has 3 heteroatoms. The van der Waals surface area contributed by atoms with Gasteiger partial charge in [0, 0.05) is 42.7 Å². The number of thioether (sulfide) groups is 1. The molecule has 0 saturated carbocycles. The summed E-state index contributed by atoms with van der Waals surface area (Å²) in [7, 11) is 0. The van der Waals surface area contributed by atoms with Gasteiger partial charge in [0.1, 0.15) is 0 Å². The van der Waals surface area contributed by atoms with Gasteiger partial charge in [0.25, 0.3) is 0 Å². The van der Waals surface area contributed by atoms with Crippen molar-refractivity contribution in [3.8, 4) is 0 Å². The van der Waals surface area contributed by atoms with Gasteiger partial charge in [0.15, 0.2) is 0 Å². The number of rotatable bonds is 3. The highest BCUT2D eigenvalue weighted by Gasteiger charge is 2.22. The normalized spacial score (nSPS) is 24.4. The average Bonchev–Trinajstić information content (AvgIpc) is 2.81. The number of anilines is 1. The predicted molar refractivity (Wildman–Crippen MR) is 76.1 cm³/mol. The van der Waals surface area contributed by atoms with Crippen molar-refractivity contribution in [3.63, 3.8) is 0 Å². The summed E-state index contributed by atoms with van der Waals surface area (Å²) in [5, 5.41) is 3.52. The van der Waals surface area contributed by atoms with E-state index in [0.29, 0.717) is 0 Å². The molecule has 2 nitrogen and oxygen atoms in total. The molecule has 1 aromatic rings. The molecule has 2 aliphatic heterocycles. The molecule has 1 atom stereocenters. The van der Waals surface area contributed by atoms with Crippen LogP contribution in [-0.2, 0) is 0 Å². The van der Waals surface area contributed by atoms with Crippen LogP contribution in [0.2, 0.25) is 0 Å². The topological polar surface area (TPSA) is 15.3 Å². The summed E-state index contributed by atoms with van der Waals surface area (Å²) in [5.41, 5.74) is 2.88. The van der Waals surface area contributed by atoms with Crippen LogP contribution in [0.1, 0.15) is 17.9 Å². The first-order valence-corrected chi connectivity index (χ1v) is 7.72. The first-order chi connectivity index (χ1) is 8.43. The highest BCUT2D eigenvalue weighted by molar-refractivity contribution is 7.99. The Hall–Kier alpha value is -0.670. The molecule has 1 aromatic carbocycles. The second-order valence-corrected chi connectivity index (χ2v) is 6.13. The van der Waals surface area contributed by atoms with Crippen molar-refractivity contribution in [2.75, 3.05) is 43.0 Å². The Morgan fingerprint density at radius 2 is 2.06 bits per heavy atom. The van der Waals surface area contributed by atoms with Crippen LogP contribution < -0.4 is 5.32 Å². The van der Waals surface area contributed by atoms with Crippen LogP contribution >= 0.6 is 11.8 Å². The van der Waals surface area contributed by atoms with Gasteiger partial charge in [0.2, 0.25) is 0 Å². The van der Waals surface area contributed by atoms with Gasteiger partial charge in [-0.25, -0.2) is 0 Å². The molecule has 17 heavy (non-hydrogen) atoms. The van der Waals surface area contributed by atoms with Crippen molar-refractivity contribution in [2.24, 2.45) is 0 Å². The lowest BCUT2D eigenvalue weighted by Gasteiger charge is -2.27. The molecule has 1 N–H and O–H groups in total. The average molecular weight is 248 g/mol. The molecule has 2 aliphatic rings. The van der Waals surface area contributed by atoms with Gasteiger partial charge < -0.3 is 10.2 Å². The minimum absolute atomic E-state index is 0.723. The number of fused-ring (bicyclic) bond motifs is 1. The summed E-state index contributed by atoms with van der Waals surface area (Å²) in [6, 6.07) is 8.77. The lowest BCUT2D eigenvalue weighted by molar-refractivity contribution is 0.291. The first-order valence-electron chi connectivity index (χ1n) is 6.56. The van der Waals surface area contributed by atoms with Gasteiger partial charge in [-0.3, -0.25) is 0 Å². The van der Waals surface area contributed by atoms with Crippen molar-refractivity contribution in [3.05, 3.63) is 29.8 Å². The van der Waals surface area contributed by atoms with Crippen molar-refractivity contribution >= 4 is 17.4 Å². The summed E-state index contributed by atoms with van der Waals surface area (Å²) >= 11 is 2.09.